The highest BCUT2D eigenvalue weighted by Crippen LogP contribution is 2.30. The number of carbonyl (C=O) groups excluding carboxylic acids is 1. The van der Waals surface area contributed by atoms with Gasteiger partial charge in [0.2, 0.25) is 0 Å². The van der Waals surface area contributed by atoms with E-state index >= 15 is 0 Å². The summed E-state index contributed by atoms with van der Waals surface area (Å²) >= 11 is 0. The molecule has 4 heterocycles. The number of anilines is 2. The van der Waals surface area contributed by atoms with Gasteiger partial charge in [0, 0.05) is 54.5 Å². The van der Waals surface area contributed by atoms with Gasteiger partial charge >= 0.3 is 0 Å². The second kappa shape index (κ2) is 8.74. The molecule has 7 heteroatoms. The third-order valence-electron chi connectivity index (χ3n) is 6.86. The smallest absolute Gasteiger partial charge is 0.273 e. The molecule has 3 aromatic rings. The molecule has 5 rings (SSSR count). The van der Waals surface area contributed by atoms with Crippen LogP contribution >= 0.6 is 0 Å². The lowest BCUT2D eigenvalue weighted by Crippen LogP contribution is -2.39. The number of aromatic amines is 1. The third-order valence-corrected chi connectivity index (χ3v) is 6.86. The molecule has 1 aromatic carbocycles. The maximum absolute atomic E-state index is 12.8. The fraction of sp³-hybridized carbons (Fsp3) is 0.400. The van der Waals surface area contributed by atoms with E-state index in [0.717, 1.165) is 35.6 Å². The van der Waals surface area contributed by atoms with Crippen LogP contribution in [-0.4, -0.2) is 57.7 Å². The second-order valence-corrected chi connectivity index (χ2v) is 8.97. The van der Waals surface area contributed by atoms with E-state index in [9.17, 15) is 4.79 Å². The minimum Gasteiger partial charge on any atom is -0.370 e. The maximum atomic E-state index is 12.8. The Morgan fingerprint density at radius 2 is 1.97 bits per heavy atom. The number of H-pyrrole nitrogens is 1. The first-order chi connectivity index (χ1) is 15.6. The van der Waals surface area contributed by atoms with Crippen LogP contribution in [0.15, 0.2) is 48.8 Å². The summed E-state index contributed by atoms with van der Waals surface area (Å²) in [5, 5.41) is 10.1. The van der Waals surface area contributed by atoms with Crippen molar-refractivity contribution in [2.24, 2.45) is 0 Å². The number of likely N-dealkylation sites (tertiary alicyclic amines) is 1. The highest BCUT2D eigenvalue weighted by molar-refractivity contribution is 6.04. The Morgan fingerprint density at radius 3 is 2.72 bits per heavy atom. The predicted molar refractivity (Wildman–Crippen MR) is 127 cm³/mol. The molecule has 2 aromatic heterocycles. The summed E-state index contributed by atoms with van der Waals surface area (Å²) in [6, 6.07) is 13.2. The SMILES string of the molecule is Cc1cc(N2CCC(N3CCCC3C)C2)ccc1NC(=O)c1cc(-c2ccncc2)n[nH]1. The molecule has 2 saturated heterocycles. The molecular formula is C25H30N6O. The van der Waals surface area contributed by atoms with Crippen LogP contribution in [0.25, 0.3) is 11.3 Å². The number of aryl methyl sites for hydroxylation is 1. The van der Waals surface area contributed by atoms with Gasteiger partial charge in [-0.2, -0.15) is 5.10 Å². The van der Waals surface area contributed by atoms with Crippen molar-refractivity contribution < 1.29 is 4.79 Å². The van der Waals surface area contributed by atoms with Crippen molar-refractivity contribution >= 4 is 17.3 Å². The molecule has 1 amide bonds. The summed E-state index contributed by atoms with van der Waals surface area (Å²) < 4.78 is 0. The minimum absolute atomic E-state index is 0.196. The molecule has 2 fully saturated rings. The number of carbonyl (C=O) groups is 1. The zero-order valence-corrected chi connectivity index (χ0v) is 18.7. The number of benzene rings is 1. The zero-order chi connectivity index (χ0) is 22.1. The average Bonchev–Trinajstić information content (AvgIpc) is 3.56. The molecule has 32 heavy (non-hydrogen) atoms. The summed E-state index contributed by atoms with van der Waals surface area (Å²) in [5.41, 5.74) is 5.19. The van der Waals surface area contributed by atoms with E-state index in [1.165, 1.54) is 31.5 Å². The van der Waals surface area contributed by atoms with Crippen molar-refractivity contribution in [1.29, 1.82) is 0 Å². The van der Waals surface area contributed by atoms with Crippen molar-refractivity contribution in [1.82, 2.24) is 20.1 Å². The lowest BCUT2D eigenvalue weighted by atomic mass is 10.1. The standard InChI is InChI=1S/C25H30N6O/c1-17-14-20(30-13-9-21(16-30)31-12-3-4-18(31)2)5-6-22(17)27-25(32)24-15-23(28-29-24)19-7-10-26-11-8-19/h5-8,10-11,14-15,18,21H,3-4,9,12-13,16H2,1-2H3,(H,27,32)(H,28,29). The zero-order valence-electron chi connectivity index (χ0n) is 18.7. The van der Waals surface area contributed by atoms with E-state index in [2.05, 4.69) is 49.4 Å². The number of nitrogens with zero attached hydrogens (tertiary/aromatic N) is 4. The topological polar surface area (TPSA) is 77.2 Å². The van der Waals surface area contributed by atoms with Crippen molar-refractivity contribution in [2.45, 2.75) is 45.2 Å². The highest BCUT2D eigenvalue weighted by atomic mass is 16.1. The van der Waals surface area contributed by atoms with Gasteiger partial charge in [0.15, 0.2) is 0 Å². The first kappa shape index (κ1) is 20.7. The number of aromatic nitrogens is 3. The second-order valence-electron chi connectivity index (χ2n) is 8.97. The largest absolute Gasteiger partial charge is 0.370 e. The molecule has 0 radical (unpaired) electrons. The van der Waals surface area contributed by atoms with Crippen LogP contribution in [0.5, 0.6) is 0 Å². The maximum Gasteiger partial charge on any atom is 0.273 e. The van der Waals surface area contributed by atoms with Gasteiger partial charge in [-0.1, -0.05) is 0 Å². The molecule has 2 N–H and O–H groups in total. The summed E-state index contributed by atoms with van der Waals surface area (Å²) in [6.45, 7) is 7.81. The summed E-state index contributed by atoms with van der Waals surface area (Å²) in [4.78, 5) is 21.9. The van der Waals surface area contributed by atoms with Crippen molar-refractivity contribution in [3.63, 3.8) is 0 Å². The number of pyridine rings is 1. The molecule has 2 aliphatic rings. The van der Waals surface area contributed by atoms with E-state index in [0.29, 0.717) is 17.8 Å². The molecule has 0 aliphatic carbocycles. The van der Waals surface area contributed by atoms with Crippen LogP contribution in [-0.2, 0) is 0 Å². The Balaban J connectivity index is 1.24. The molecule has 7 nitrogen and oxygen atoms in total. The highest BCUT2D eigenvalue weighted by Gasteiger charge is 2.33. The Kier molecular flexibility index (Phi) is 5.66. The minimum atomic E-state index is -0.196. The lowest BCUT2D eigenvalue weighted by molar-refractivity contribution is 0.102. The van der Waals surface area contributed by atoms with Crippen LogP contribution in [0.3, 0.4) is 0 Å². The van der Waals surface area contributed by atoms with Gasteiger partial charge < -0.3 is 10.2 Å². The fourth-order valence-corrected chi connectivity index (χ4v) is 5.03. The van der Waals surface area contributed by atoms with Crippen molar-refractivity contribution in [3.05, 3.63) is 60.0 Å². The molecule has 166 valence electrons. The van der Waals surface area contributed by atoms with Gasteiger partial charge in [-0.3, -0.25) is 19.8 Å². The quantitative estimate of drug-likeness (QED) is 0.637. The van der Waals surface area contributed by atoms with Crippen LogP contribution in [0, 0.1) is 6.92 Å². The van der Waals surface area contributed by atoms with E-state index in [-0.39, 0.29) is 5.91 Å². The number of nitrogens with one attached hydrogen (secondary N) is 2. The molecule has 0 bridgehead atoms. The fourth-order valence-electron chi connectivity index (χ4n) is 5.03. The Hall–Kier alpha value is -3.19. The van der Waals surface area contributed by atoms with Gasteiger partial charge in [0.05, 0.1) is 5.69 Å². The van der Waals surface area contributed by atoms with E-state index in [4.69, 9.17) is 0 Å². The van der Waals surface area contributed by atoms with Gasteiger partial charge in [0.1, 0.15) is 5.69 Å². The normalized spacial score (nSPS) is 21.2. The van der Waals surface area contributed by atoms with Gasteiger partial charge in [-0.25, -0.2) is 0 Å². The first-order valence-corrected chi connectivity index (χ1v) is 11.5. The first-order valence-electron chi connectivity index (χ1n) is 11.5. The van der Waals surface area contributed by atoms with E-state index < -0.39 is 0 Å². The van der Waals surface area contributed by atoms with Gasteiger partial charge in [-0.05, 0) is 81.6 Å². The third kappa shape index (κ3) is 4.12. The molecule has 2 atom stereocenters. The van der Waals surface area contributed by atoms with Crippen LogP contribution in [0.2, 0.25) is 0 Å². The van der Waals surface area contributed by atoms with Crippen LogP contribution in [0.1, 0.15) is 42.2 Å². The molecule has 0 saturated carbocycles. The summed E-state index contributed by atoms with van der Waals surface area (Å²) in [6.07, 6.45) is 7.30. The lowest BCUT2D eigenvalue weighted by Gasteiger charge is -2.28. The van der Waals surface area contributed by atoms with Crippen molar-refractivity contribution in [3.8, 4) is 11.3 Å². The summed E-state index contributed by atoms with van der Waals surface area (Å²) in [7, 11) is 0. The van der Waals surface area contributed by atoms with Crippen LogP contribution in [0.4, 0.5) is 11.4 Å². The number of hydrogen-bond donors (Lipinski definition) is 2. The molecule has 2 aliphatic heterocycles. The van der Waals surface area contributed by atoms with Gasteiger partial charge in [0.25, 0.3) is 5.91 Å². The van der Waals surface area contributed by atoms with Gasteiger partial charge in [-0.15, -0.1) is 0 Å². The Morgan fingerprint density at radius 1 is 1.12 bits per heavy atom. The van der Waals surface area contributed by atoms with E-state index in [1.807, 2.05) is 25.1 Å². The Labute approximate surface area is 188 Å². The number of rotatable bonds is 5. The Bertz CT molecular complexity index is 1090. The monoisotopic (exact) mass is 430 g/mol. The predicted octanol–water partition coefficient (Wildman–Crippen LogP) is 4.10. The number of amides is 1. The molecule has 0 spiro atoms. The molecule has 2 unspecified atom stereocenters. The van der Waals surface area contributed by atoms with Crippen molar-refractivity contribution in [2.75, 3.05) is 29.9 Å². The van der Waals surface area contributed by atoms with Crippen LogP contribution < -0.4 is 10.2 Å². The number of hydrogen-bond acceptors (Lipinski definition) is 5. The van der Waals surface area contributed by atoms with E-state index in [1.54, 1.807) is 18.5 Å². The average molecular weight is 431 g/mol. The molecular weight excluding hydrogens is 400 g/mol. The summed E-state index contributed by atoms with van der Waals surface area (Å²) in [5.74, 6) is -0.196.